The van der Waals surface area contributed by atoms with Gasteiger partial charge < -0.3 is 15.6 Å². The van der Waals surface area contributed by atoms with Gasteiger partial charge in [-0.1, -0.05) is 0 Å². The van der Waals surface area contributed by atoms with Crippen molar-refractivity contribution < 1.29 is 0 Å². The highest BCUT2D eigenvalue weighted by Gasteiger charge is 2.24. The van der Waals surface area contributed by atoms with Gasteiger partial charge in [-0.05, 0) is 51.4 Å². The first-order valence-electron chi connectivity index (χ1n) is 6.44. The maximum Gasteiger partial charge on any atom is 0.143 e. The lowest BCUT2D eigenvalue weighted by atomic mass is 9.88. The summed E-state index contributed by atoms with van der Waals surface area (Å²) >= 11 is 0. The summed E-state index contributed by atoms with van der Waals surface area (Å²) in [6, 6.07) is 0. The Balaban J connectivity index is 2.08. The highest BCUT2D eigenvalue weighted by atomic mass is 15.1. The van der Waals surface area contributed by atoms with E-state index >= 15 is 0 Å². The average Bonchev–Trinajstić information content (AvgIpc) is 2.68. The van der Waals surface area contributed by atoms with Gasteiger partial charge >= 0.3 is 0 Å². The molecule has 1 aliphatic rings. The number of likely N-dealkylation sites (tertiary alicyclic amines) is 1. The molecule has 0 radical (unpaired) electrons. The van der Waals surface area contributed by atoms with E-state index in [1.807, 2.05) is 0 Å². The molecule has 1 fully saturated rings. The van der Waals surface area contributed by atoms with E-state index < -0.39 is 0 Å². The Morgan fingerprint density at radius 2 is 2.06 bits per heavy atom. The van der Waals surface area contributed by atoms with Gasteiger partial charge in [0.1, 0.15) is 17.8 Å². The number of anilines is 1. The van der Waals surface area contributed by atoms with Gasteiger partial charge in [0, 0.05) is 5.69 Å². The number of hydrogen-bond donors (Lipinski definition) is 2. The molecule has 0 bridgehead atoms. The molecule has 18 heavy (non-hydrogen) atoms. The van der Waals surface area contributed by atoms with Crippen LogP contribution in [0.15, 0.2) is 6.33 Å². The van der Waals surface area contributed by atoms with Gasteiger partial charge in [0.15, 0.2) is 0 Å². The summed E-state index contributed by atoms with van der Waals surface area (Å²) in [5, 5.41) is 1.03. The molecule has 0 atom stereocenters. The molecular weight excluding hydrogens is 226 g/mol. The van der Waals surface area contributed by atoms with Gasteiger partial charge in [0.2, 0.25) is 0 Å². The summed E-state index contributed by atoms with van der Waals surface area (Å²) in [5.41, 5.74) is 9.41. The third-order valence-corrected chi connectivity index (χ3v) is 3.98. The maximum atomic E-state index is 6.02. The monoisotopic (exact) mass is 245 g/mol. The second kappa shape index (κ2) is 4.24. The maximum absolute atomic E-state index is 6.02. The van der Waals surface area contributed by atoms with Crippen molar-refractivity contribution in [3.8, 4) is 0 Å². The Labute approximate surface area is 106 Å². The zero-order valence-corrected chi connectivity index (χ0v) is 10.9. The van der Waals surface area contributed by atoms with Gasteiger partial charge in [0.25, 0.3) is 0 Å². The van der Waals surface area contributed by atoms with Crippen LogP contribution in [-0.4, -0.2) is 40.0 Å². The van der Waals surface area contributed by atoms with E-state index in [1.165, 1.54) is 30.4 Å². The Morgan fingerprint density at radius 3 is 2.78 bits per heavy atom. The zero-order chi connectivity index (χ0) is 12.7. The second-order valence-corrected chi connectivity index (χ2v) is 5.22. The first-order chi connectivity index (χ1) is 8.66. The first kappa shape index (κ1) is 11.5. The topological polar surface area (TPSA) is 70.8 Å². The van der Waals surface area contributed by atoms with E-state index in [0.29, 0.717) is 11.7 Å². The number of nitrogens with zero attached hydrogens (tertiary/aromatic N) is 3. The van der Waals surface area contributed by atoms with Gasteiger partial charge in [0.05, 0.1) is 5.39 Å². The molecule has 3 heterocycles. The minimum atomic E-state index is 0.572. The summed E-state index contributed by atoms with van der Waals surface area (Å²) in [6.07, 6.45) is 3.88. The zero-order valence-electron chi connectivity index (χ0n) is 10.9. The van der Waals surface area contributed by atoms with Crippen LogP contribution in [0, 0.1) is 6.92 Å². The summed E-state index contributed by atoms with van der Waals surface area (Å²) < 4.78 is 0. The number of aromatic nitrogens is 3. The molecule has 3 rings (SSSR count). The third-order valence-electron chi connectivity index (χ3n) is 3.98. The summed E-state index contributed by atoms with van der Waals surface area (Å²) in [4.78, 5) is 14.1. The second-order valence-electron chi connectivity index (χ2n) is 5.22. The Hall–Kier alpha value is -1.62. The average molecular weight is 245 g/mol. The van der Waals surface area contributed by atoms with Crippen molar-refractivity contribution in [1.82, 2.24) is 19.9 Å². The molecule has 96 valence electrons. The number of piperidine rings is 1. The molecule has 0 aliphatic carbocycles. The van der Waals surface area contributed by atoms with Crippen LogP contribution in [0.4, 0.5) is 5.82 Å². The Morgan fingerprint density at radius 1 is 1.33 bits per heavy atom. The van der Waals surface area contributed by atoms with Crippen molar-refractivity contribution in [2.45, 2.75) is 25.7 Å². The fourth-order valence-electron chi connectivity index (χ4n) is 3.00. The molecule has 1 aliphatic heterocycles. The molecule has 5 heteroatoms. The van der Waals surface area contributed by atoms with E-state index in [4.69, 9.17) is 5.73 Å². The number of fused-ring (bicyclic) bond motifs is 1. The van der Waals surface area contributed by atoms with Crippen molar-refractivity contribution in [2.75, 3.05) is 25.9 Å². The van der Waals surface area contributed by atoms with Crippen molar-refractivity contribution in [2.24, 2.45) is 0 Å². The van der Waals surface area contributed by atoms with Crippen molar-refractivity contribution in [1.29, 1.82) is 0 Å². The van der Waals surface area contributed by atoms with Crippen LogP contribution in [0.25, 0.3) is 11.0 Å². The molecule has 0 spiro atoms. The minimum Gasteiger partial charge on any atom is -0.383 e. The molecule has 3 N–H and O–H groups in total. The molecule has 0 aromatic carbocycles. The number of nitrogens with one attached hydrogen (secondary N) is 1. The quantitative estimate of drug-likeness (QED) is 0.801. The number of aromatic amines is 1. The lowest BCUT2D eigenvalue weighted by molar-refractivity contribution is 0.255. The SMILES string of the molecule is Cc1[nH]c2ncnc(N)c2c1C1CCN(C)CC1. The minimum absolute atomic E-state index is 0.572. The first-order valence-corrected chi connectivity index (χ1v) is 6.44. The van der Waals surface area contributed by atoms with Crippen LogP contribution in [-0.2, 0) is 0 Å². The Kier molecular flexibility index (Phi) is 2.70. The van der Waals surface area contributed by atoms with Crippen LogP contribution in [0.5, 0.6) is 0 Å². The highest BCUT2D eigenvalue weighted by Crippen LogP contribution is 2.36. The van der Waals surface area contributed by atoms with Crippen molar-refractivity contribution >= 4 is 16.9 Å². The van der Waals surface area contributed by atoms with E-state index in [9.17, 15) is 0 Å². The molecule has 1 saturated heterocycles. The predicted octanol–water partition coefficient (Wildman–Crippen LogP) is 1.66. The van der Waals surface area contributed by atoms with E-state index in [-0.39, 0.29) is 0 Å². The molecule has 2 aromatic rings. The molecular formula is C13H19N5. The van der Waals surface area contributed by atoms with Crippen molar-refractivity contribution in [3.05, 3.63) is 17.6 Å². The summed E-state index contributed by atoms with van der Waals surface area (Å²) in [7, 11) is 2.18. The number of nitrogen functional groups attached to an aromatic ring is 1. The van der Waals surface area contributed by atoms with E-state index in [2.05, 4.69) is 33.8 Å². The van der Waals surface area contributed by atoms with E-state index in [1.54, 1.807) is 0 Å². The molecule has 0 unspecified atom stereocenters. The number of H-pyrrole nitrogens is 1. The molecule has 0 amide bonds. The summed E-state index contributed by atoms with van der Waals surface area (Å²) in [5.74, 6) is 1.17. The molecule has 0 saturated carbocycles. The molecule has 2 aromatic heterocycles. The third kappa shape index (κ3) is 1.75. The normalized spacial score (nSPS) is 18.6. The highest BCUT2D eigenvalue weighted by molar-refractivity contribution is 5.90. The summed E-state index contributed by atoms with van der Waals surface area (Å²) in [6.45, 7) is 4.39. The lowest BCUT2D eigenvalue weighted by Gasteiger charge is -2.29. The van der Waals surface area contributed by atoms with Gasteiger partial charge in [-0.25, -0.2) is 9.97 Å². The van der Waals surface area contributed by atoms with Crippen molar-refractivity contribution in [3.63, 3.8) is 0 Å². The number of rotatable bonds is 1. The van der Waals surface area contributed by atoms with Gasteiger partial charge in [-0.2, -0.15) is 0 Å². The van der Waals surface area contributed by atoms with Crippen LogP contribution >= 0.6 is 0 Å². The fourth-order valence-corrected chi connectivity index (χ4v) is 3.00. The van der Waals surface area contributed by atoms with Gasteiger partial charge in [-0.3, -0.25) is 0 Å². The van der Waals surface area contributed by atoms with E-state index in [0.717, 1.165) is 24.1 Å². The molecule has 5 nitrogen and oxygen atoms in total. The van der Waals surface area contributed by atoms with Crippen LogP contribution < -0.4 is 5.73 Å². The Bertz CT molecular complexity index is 566. The van der Waals surface area contributed by atoms with Crippen LogP contribution in [0.2, 0.25) is 0 Å². The predicted molar refractivity (Wildman–Crippen MR) is 72.5 cm³/mol. The smallest absolute Gasteiger partial charge is 0.143 e. The standard InChI is InChI=1S/C13H19N5/c1-8-10(9-3-5-18(2)6-4-9)11-12(14)15-7-16-13(11)17-8/h7,9H,3-6H2,1-2H3,(H3,14,15,16,17). The lowest BCUT2D eigenvalue weighted by Crippen LogP contribution is -2.29. The largest absolute Gasteiger partial charge is 0.383 e. The van der Waals surface area contributed by atoms with Gasteiger partial charge in [-0.15, -0.1) is 0 Å². The number of hydrogen-bond acceptors (Lipinski definition) is 4. The number of aryl methyl sites for hydroxylation is 1. The van der Waals surface area contributed by atoms with Crippen LogP contribution in [0.3, 0.4) is 0 Å². The number of nitrogens with two attached hydrogens (primary N) is 1. The fraction of sp³-hybridized carbons (Fsp3) is 0.538. The van der Waals surface area contributed by atoms with Crippen LogP contribution in [0.1, 0.15) is 30.0 Å².